The normalized spacial score (nSPS) is 48.0. The molecule has 0 aliphatic heterocycles. The van der Waals surface area contributed by atoms with Crippen LogP contribution in [0.15, 0.2) is 35.5 Å². The van der Waals surface area contributed by atoms with Crippen molar-refractivity contribution < 1.29 is 19.7 Å². The van der Waals surface area contributed by atoms with Crippen molar-refractivity contribution in [2.45, 2.75) is 64.8 Å². The van der Waals surface area contributed by atoms with Gasteiger partial charge >= 0.3 is 5.97 Å². The van der Waals surface area contributed by atoms with E-state index in [-0.39, 0.29) is 22.7 Å². The van der Waals surface area contributed by atoms with Crippen LogP contribution in [-0.2, 0) is 9.53 Å². The van der Waals surface area contributed by atoms with Crippen molar-refractivity contribution in [1.29, 1.82) is 0 Å². The van der Waals surface area contributed by atoms with E-state index < -0.39 is 17.9 Å². The second-order valence-corrected chi connectivity index (χ2v) is 8.89. The number of carbonyl (C=O) groups is 1. The number of carbonyl (C=O) groups excluding carboxylic acids is 1. The lowest BCUT2D eigenvalue weighted by molar-refractivity contribution is -0.218. The Kier molecular flexibility index (Phi) is 3.62. The van der Waals surface area contributed by atoms with Crippen LogP contribution in [0.1, 0.15) is 52.9 Å². The topological polar surface area (TPSA) is 66.8 Å². The number of hydrogen-bond acceptors (Lipinski definition) is 4. The van der Waals surface area contributed by atoms with Crippen molar-refractivity contribution in [1.82, 2.24) is 0 Å². The highest BCUT2D eigenvalue weighted by molar-refractivity contribution is 5.67. The first kappa shape index (κ1) is 17.0. The molecule has 25 heavy (non-hydrogen) atoms. The van der Waals surface area contributed by atoms with Crippen LogP contribution < -0.4 is 0 Å². The van der Waals surface area contributed by atoms with Gasteiger partial charge in [-0.05, 0) is 53.9 Å². The molecule has 136 valence electrons. The molecule has 0 bridgehead atoms. The molecule has 4 rings (SSSR count). The summed E-state index contributed by atoms with van der Waals surface area (Å²) in [4.78, 5) is 11.8. The average molecular weight is 344 g/mol. The van der Waals surface area contributed by atoms with Crippen LogP contribution in [0.2, 0.25) is 0 Å². The zero-order valence-electron chi connectivity index (χ0n) is 15.3. The molecule has 3 unspecified atom stereocenters. The van der Waals surface area contributed by atoms with Crippen molar-refractivity contribution in [3.8, 4) is 0 Å². The summed E-state index contributed by atoms with van der Waals surface area (Å²) in [5, 5.41) is 21.6. The Bertz CT molecular complexity index is 705. The third-order valence-corrected chi connectivity index (χ3v) is 7.22. The van der Waals surface area contributed by atoms with Crippen LogP contribution in [0.5, 0.6) is 0 Å². The quantitative estimate of drug-likeness (QED) is 0.435. The first-order valence-corrected chi connectivity index (χ1v) is 9.39. The first-order valence-electron chi connectivity index (χ1n) is 9.39. The Morgan fingerprint density at radius 2 is 2.12 bits per heavy atom. The minimum atomic E-state index is -1.56. The SMILES string of the molecule is CC(=O)OC1(O)CC2CC(O)C=C[C@]2(C)[C@@H]2CC[C@]3(C)CC=CC3=C21. The second-order valence-electron chi connectivity index (χ2n) is 8.89. The Labute approximate surface area is 149 Å². The van der Waals surface area contributed by atoms with Crippen LogP contribution in [-0.4, -0.2) is 28.1 Å². The standard InChI is InChI=1S/C21H28O4/c1-13(22)25-21(24)12-14-11-15(23)6-10-20(14,3)17-7-9-19(2)8-4-5-16(19)18(17)21/h4-6,10,14-15,17,23-24H,7-9,11-12H2,1-3H3/t14?,15?,17-,19+,20+,21?/m1/s1. The van der Waals surface area contributed by atoms with Crippen molar-refractivity contribution in [2.24, 2.45) is 22.7 Å². The molecule has 0 spiro atoms. The Morgan fingerprint density at radius 1 is 1.36 bits per heavy atom. The van der Waals surface area contributed by atoms with Crippen LogP contribution in [0.3, 0.4) is 0 Å². The first-order chi connectivity index (χ1) is 11.7. The average Bonchev–Trinajstić information content (AvgIpc) is 2.90. The second kappa shape index (κ2) is 5.31. The molecule has 0 heterocycles. The van der Waals surface area contributed by atoms with Gasteiger partial charge < -0.3 is 14.9 Å². The zero-order chi connectivity index (χ0) is 18.0. The molecular weight excluding hydrogens is 316 g/mol. The number of fused-ring (bicyclic) bond motifs is 4. The predicted molar refractivity (Wildman–Crippen MR) is 94.3 cm³/mol. The fraction of sp³-hybridized carbons (Fsp3) is 0.667. The summed E-state index contributed by atoms with van der Waals surface area (Å²) in [7, 11) is 0. The van der Waals surface area contributed by atoms with Crippen molar-refractivity contribution in [3.05, 3.63) is 35.5 Å². The molecule has 0 aromatic carbocycles. The lowest BCUT2D eigenvalue weighted by Gasteiger charge is -2.57. The summed E-state index contributed by atoms with van der Waals surface area (Å²) >= 11 is 0. The fourth-order valence-corrected chi connectivity index (χ4v) is 5.86. The van der Waals surface area contributed by atoms with Gasteiger partial charge in [0.2, 0.25) is 5.79 Å². The molecule has 0 saturated heterocycles. The summed E-state index contributed by atoms with van der Waals surface area (Å²) in [6.45, 7) is 5.84. The predicted octanol–water partition coefficient (Wildman–Crippen LogP) is 3.26. The molecule has 4 heteroatoms. The molecule has 0 aromatic rings. The van der Waals surface area contributed by atoms with Crippen molar-refractivity contribution in [2.75, 3.05) is 0 Å². The Balaban J connectivity index is 1.90. The third kappa shape index (κ3) is 2.37. The number of aliphatic hydroxyl groups is 2. The van der Waals surface area contributed by atoms with Gasteiger partial charge in [0, 0.05) is 18.9 Å². The molecule has 1 fully saturated rings. The Morgan fingerprint density at radius 3 is 2.84 bits per heavy atom. The third-order valence-electron chi connectivity index (χ3n) is 7.22. The molecule has 0 aromatic heterocycles. The van der Waals surface area contributed by atoms with Crippen LogP contribution in [0, 0.1) is 22.7 Å². The van der Waals surface area contributed by atoms with Crippen molar-refractivity contribution in [3.63, 3.8) is 0 Å². The van der Waals surface area contributed by atoms with Gasteiger partial charge in [0.05, 0.1) is 6.10 Å². The van der Waals surface area contributed by atoms with Crippen LogP contribution in [0.25, 0.3) is 0 Å². The van der Waals surface area contributed by atoms with E-state index in [4.69, 9.17) is 4.74 Å². The highest BCUT2D eigenvalue weighted by Crippen LogP contribution is 2.63. The molecule has 4 aliphatic rings. The maximum absolute atomic E-state index is 11.8. The summed E-state index contributed by atoms with van der Waals surface area (Å²) in [6.07, 6.45) is 11.8. The van der Waals surface area contributed by atoms with Gasteiger partial charge in [-0.15, -0.1) is 0 Å². The van der Waals surface area contributed by atoms with Crippen molar-refractivity contribution >= 4 is 5.97 Å². The molecule has 4 nitrogen and oxygen atoms in total. The summed E-state index contributed by atoms with van der Waals surface area (Å²) < 4.78 is 5.55. The number of rotatable bonds is 1. The van der Waals surface area contributed by atoms with Gasteiger partial charge in [0.25, 0.3) is 0 Å². The Hall–Kier alpha value is -1.39. The zero-order valence-corrected chi connectivity index (χ0v) is 15.3. The van der Waals surface area contributed by atoms with E-state index in [1.807, 2.05) is 6.08 Å². The molecule has 6 atom stereocenters. The van der Waals surface area contributed by atoms with Gasteiger partial charge in [-0.25, -0.2) is 0 Å². The number of esters is 1. The van der Waals surface area contributed by atoms with Gasteiger partial charge in [-0.1, -0.05) is 38.2 Å². The maximum atomic E-state index is 11.8. The lowest BCUT2D eigenvalue weighted by Crippen LogP contribution is -2.56. The van der Waals surface area contributed by atoms with E-state index in [2.05, 4.69) is 32.1 Å². The number of allylic oxidation sites excluding steroid dienone is 4. The highest BCUT2D eigenvalue weighted by atomic mass is 16.7. The van der Waals surface area contributed by atoms with E-state index in [0.29, 0.717) is 12.8 Å². The highest BCUT2D eigenvalue weighted by Gasteiger charge is 2.60. The summed E-state index contributed by atoms with van der Waals surface area (Å²) in [5.74, 6) is -1.80. The molecule has 1 saturated carbocycles. The van der Waals surface area contributed by atoms with Gasteiger partial charge in [-0.2, -0.15) is 0 Å². The monoisotopic (exact) mass is 344 g/mol. The van der Waals surface area contributed by atoms with E-state index in [1.54, 1.807) is 0 Å². The molecule has 0 amide bonds. The minimum absolute atomic E-state index is 0.0288. The lowest BCUT2D eigenvalue weighted by atomic mass is 9.49. The maximum Gasteiger partial charge on any atom is 0.305 e. The van der Waals surface area contributed by atoms with E-state index in [9.17, 15) is 15.0 Å². The van der Waals surface area contributed by atoms with E-state index in [0.717, 1.165) is 30.4 Å². The van der Waals surface area contributed by atoms with Gasteiger partial charge in [0.1, 0.15) is 0 Å². The number of ether oxygens (including phenoxy) is 1. The van der Waals surface area contributed by atoms with Gasteiger partial charge in [0.15, 0.2) is 0 Å². The minimum Gasteiger partial charge on any atom is -0.429 e. The molecule has 2 N–H and O–H groups in total. The van der Waals surface area contributed by atoms with Crippen LogP contribution >= 0.6 is 0 Å². The smallest absolute Gasteiger partial charge is 0.305 e. The van der Waals surface area contributed by atoms with Crippen LogP contribution in [0.4, 0.5) is 0 Å². The van der Waals surface area contributed by atoms with Gasteiger partial charge in [-0.3, -0.25) is 4.79 Å². The number of hydrogen-bond donors (Lipinski definition) is 2. The summed E-state index contributed by atoms with van der Waals surface area (Å²) in [6, 6.07) is 0. The largest absolute Gasteiger partial charge is 0.429 e. The number of aliphatic hydroxyl groups excluding tert-OH is 1. The summed E-state index contributed by atoms with van der Waals surface area (Å²) in [5.41, 5.74) is 1.98. The van der Waals surface area contributed by atoms with E-state index in [1.165, 1.54) is 6.92 Å². The molecule has 4 aliphatic carbocycles. The molecule has 0 radical (unpaired) electrons. The molecular formula is C21H28O4. The fourth-order valence-electron chi connectivity index (χ4n) is 5.86. The van der Waals surface area contributed by atoms with E-state index >= 15 is 0 Å².